The van der Waals surface area contributed by atoms with E-state index in [1.807, 2.05) is 0 Å². The van der Waals surface area contributed by atoms with Crippen LogP contribution >= 0.6 is 0 Å². The van der Waals surface area contributed by atoms with Gasteiger partial charge in [-0.3, -0.25) is 0 Å². The highest BCUT2D eigenvalue weighted by Crippen LogP contribution is 2.46. The lowest BCUT2D eigenvalue weighted by molar-refractivity contribution is 0.347. The summed E-state index contributed by atoms with van der Waals surface area (Å²) in [5.74, 6) is -0.293. The minimum atomic E-state index is -0.709. The van der Waals surface area contributed by atoms with Crippen LogP contribution in [0, 0.1) is 5.82 Å². The van der Waals surface area contributed by atoms with E-state index in [9.17, 15) is 4.39 Å². The Kier molecular flexibility index (Phi) is 2.34. The third-order valence-corrected chi connectivity index (χ3v) is 3.33. The summed E-state index contributed by atoms with van der Waals surface area (Å²) in [6, 6.07) is 3.97. The van der Waals surface area contributed by atoms with Crippen molar-refractivity contribution in [1.29, 1.82) is 0 Å². The molecule has 0 spiro atoms. The van der Waals surface area contributed by atoms with Crippen molar-refractivity contribution in [3.63, 3.8) is 0 Å². The predicted molar refractivity (Wildman–Crippen MR) is 61.3 cm³/mol. The Morgan fingerprint density at radius 1 is 1.44 bits per heavy atom. The van der Waals surface area contributed by atoms with E-state index in [1.54, 1.807) is 0 Å². The van der Waals surface area contributed by atoms with Gasteiger partial charge in [0.15, 0.2) is 11.6 Å². The highest BCUT2D eigenvalue weighted by Gasteiger charge is 2.48. The molecule has 0 saturated heterocycles. The lowest BCUT2D eigenvalue weighted by Crippen LogP contribution is -2.19. The molecule has 0 radical (unpaired) electrons. The number of aromatic nitrogens is 2. The van der Waals surface area contributed by atoms with Crippen LogP contribution in [0.4, 0.5) is 4.39 Å². The standard InChI is InChI=1S/C12H12FN3O2/c13-8-5-7(1-2-9(8)17)10-15-11(18-16-10)12(6-14)3-4-12/h1-2,5,17H,3-4,6,14H2. The highest BCUT2D eigenvalue weighted by atomic mass is 19.1. The summed E-state index contributed by atoms with van der Waals surface area (Å²) in [6.45, 7) is 0.471. The summed E-state index contributed by atoms with van der Waals surface area (Å²) in [6.07, 6.45) is 1.88. The van der Waals surface area contributed by atoms with Gasteiger partial charge in [0.05, 0.1) is 5.41 Å². The smallest absolute Gasteiger partial charge is 0.234 e. The van der Waals surface area contributed by atoms with Crippen molar-refractivity contribution >= 4 is 0 Å². The molecular formula is C12H12FN3O2. The second-order valence-electron chi connectivity index (χ2n) is 4.57. The van der Waals surface area contributed by atoms with Crippen LogP contribution in [0.25, 0.3) is 11.4 Å². The zero-order valence-corrected chi connectivity index (χ0v) is 9.56. The quantitative estimate of drug-likeness (QED) is 0.862. The van der Waals surface area contributed by atoms with Crippen molar-refractivity contribution in [2.24, 2.45) is 5.73 Å². The summed E-state index contributed by atoms with van der Waals surface area (Å²) in [5, 5.41) is 12.9. The third kappa shape index (κ3) is 1.65. The van der Waals surface area contributed by atoms with Crippen LogP contribution in [0.2, 0.25) is 0 Å². The molecule has 1 heterocycles. The van der Waals surface area contributed by atoms with Crippen LogP contribution in [-0.2, 0) is 5.41 Å². The molecule has 0 atom stereocenters. The van der Waals surface area contributed by atoms with Gasteiger partial charge < -0.3 is 15.4 Å². The zero-order chi connectivity index (χ0) is 12.8. The fraction of sp³-hybridized carbons (Fsp3) is 0.333. The van der Waals surface area contributed by atoms with E-state index in [4.69, 9.17) is 15.4 Å². The Morgan fingerprint density at radius 3 is 2.83 bits per heavy atom. The van der Waals surface area contributed by atoms with Crippen LogP contribution in [-0.4, -0.2) is 21.8 Å². The largest absolute Gasteiger partial charge is 0.505 e. The van der Waals surface area contributed by atoms with Crippen LogP contribution in [0.1, 0.15) is 18.7 Å². The highest BCUT2D eigenvalue weighted by molar-refractivity contribution is 5.56. The topological polar surface area (TPSA) is 85.2 Å². The maximum atomic E-state index is 13.2. The van der Waals surface area contributed by atoms with Gasteiger partial charge in [-0.25, -0.2) is 4.39 Å². The molecule has 1 aromatic heterocycles. The van der Waals surface area contributed by atoms with Gasteiger partial charge in [-0.05, 0) is 31.0 Å². The molecule has 18 heavy (non-hydrogen) atoms. The van der Waals surface area contributed by atoms with E-state index >= 15 is 0 Å². The molecular weight excluding hydrogens is 237 g/mol. The maximum Gasteiger partial charge on any atom is 0.234 e. The summed E-state index contributed by atoms with van der Waals surface area (Å²) in [5.41, 5.74) is 5.96. The summed E-state index contributed by atoms with van der Waals surface area (Å²) in [7, 11) is 0. The molecule has 1 aromatic carbocycles. The first-order chi connectivity index (χ1) is 8.64. The molecule has 3 rings (SSSR count). The monoisotopic (exact) mass is 249 g/mol. The lowest BCUT2D eigenvalue weighted by atomic mass is 10.1. The first kappa shape index (κ1) is 11.2. The van der Waals surface area contributed by atoms with Gasteiger partial charge >= 0.3 is 0 Å². The van der Waals surface area contributed by atoms with Crippen LogP contribution in [0.3, 0.4) is 0 Å². The fourth-order valence-corrected chi connectivity index (χ4v) is 1.86. The number of hydrogen-bond acceptors (Lipinski definition) is 5. The number of hydrogen-bond donors (Lipinski definition) is 2. The summed E-state index contributed by atoms with van der Waals surface area (Å²) >= 11 is 0. The van der Waals surface area contributed by atoms with Crippen molar-refractivity contribution in [1.82, 2.24) is 10.1 Å². The van der Waals surface area contributed by atoms with Gasteiger partial charge in [-0.2, -0.15) is 4.98 Å². The normalized spacial score (nSPS) is 16.8. The Hall–Kier alpha value is -1.95. The number of nitrogens with two attached hydrogens (primary N) is 1. The Balaban J connectivity index is 1.95. The average molecular weight is 249 g/mol. The molecule has 3 N–H and O–H groups in total. The zero-order valence-electron chi connectivity index (χ0n) is 9.56. The van der Waals surface area contributed by atoms with Gasteiger partial charge in [0, 0.05) is 12.1 Å². The Morgan fingerprint density at radius 2 is 2.22 bits per heavy atom. The molecule has 1 aliphatic rings. The number of benzene rings is 1. The number of nitrogens with zero attached hydrogens (tertiary/aromatic N) is 2. The molecule has 0 bridgehead atoms. The van der Waals surface area contributed by atoms with Crippen LogP contribution < -0.4 is 5.73 Å². The predicted octanol–water partition coefficient (Wildman–Crippen LogP) is 1.57. The number of phenols is 1. The Labute approximate surface area is 102 Å². The summed E-state index contributed by atoms with van der Waals surface area (Å²) < 4.78 is 18.4. The minimum Gasteiger partial charge on any atom is -0.505 e. The average Bonchev–Trinajstić information content (AvgIpc) is 3.02. The summed E-state index contributed by atoms with van der Waals surface area (Å²) in [4.78, 5) is 4.25. The molecule has 5 nitrogen and oxygen atoms in total. The van der Waals surface area contributed by atoms with E-state index < -0.39 is 11.6 Å². The van der Waals surface area contributed by atoms with E-state index in [-0.39, 0.29) is 5.41 Å². The van der Waals surface area contributed by atoms with E-state index in [1.165, 1.54) is 18.2 Å². The second kappa shape index (κ2) is 3.78. The molecule has 1 saturated carbocycles. The molecule has 0 aliphatic heterocycles. The van der Waals surface area contributed by atoms with Gasteiger partial charge in [0.1, 0.15) is 0 Å². The second-order valence-corrected chi connectivity index (χ2v) is 4.57. The van der Waals surface area contributed by atoms with Crippen molar-refractivity contribution in [2.75, 3.05) is 6.54 Å². The lowest BCUT2D eigenvalue weighted by Gasteiger charge is -2.03. The number of aromatic hydroxyl groups is 1. The number of rotatable bonds is 3. The fourth-order valence-electron chi connectivity index (χ4n) is 1.86. The number of phenolic OH excluding ortho intramolecular Hbond substituents is 1. The van der Waals surface area contributed by atoms with Crippen LogP contribution in [0.5, 0.6) is 5.75 Å². The van der Waals surface area contributed by atoms with E-state index in [0.717, 1.165) is 12.8 Å². The molecule has 2 aromatic rings. The Bertz CT molecular complexity index is 593. The van der Waals surface area contributed by atoms with Crippen LogP contribution in [0.15, 0.2) is 22.7 Å². The molecule has 1 aliphatic carbocycles. The van der Waals surface area contributed by atoms with Crippen molar-refractivity contribution in [3.05, 3.63) is 29.9 Å². The minimum absolute atomic E-state index is 0.180. The SMILES string of the molecule is NCC1(c2nc(-c3ccc(O)c(F)c3)no2)CC1. The van der Waals surface area contributed by atoms with Crippen molar-refractivity contribution in [3.8, 4) is 17.1 Å². The molecule has 6 heteroatoms. The van der Waals surface area contributed by atoms with Gasteiger partial charge in [-0.1, -0.05) is 5.16 Å². The van der Waals surface area contributed by atoms with Gasteiger partial charge in [0.25, 0.3) is 0 Å². The molecule has 94 valence electrons. The molecule has 0 unspecified atom stereocenters. The molecule has 0 amide bonds. The first-order valence-electron chi connectivity index (χ1n) is 5.68. The first-order valence-corrected chi connectivity index (χ1v) is 5.68. The van der Waals surface area contributed by atoms with Crippen molar-refractivity contribution in [2.45, 2.75) is 18.3 Å². The number of halogens is 1. The van der Waals surface area contributed by atoms with E-state index in [0.29, 0.717) is 23.8 Å². The molecule has 1 fully saturated rings. The van der Waals surface area contributed by atoms with Gasteiger partial charge in [0.2, 0.25) is 11.7 Å². The maximum absolute atomic E-state index is 13.2. The third-order valence-electron chi connectivity index (χ3n) is 3.33. The van der Waals surface area contributed by atoms with E-state index in [2.05, 4.69) is 10.1 Å². The van der Waals surface area contributed by atoms with Crippen molar-refractivity contribution < 1.29 is 14.0 Å². The van der Waals surface area contributed by atoms with Gasteiger partial charge in [-0.15, -0.1) is 0 Å².